The molecule has 208 valence electrons. The number of benzene rings is 2. The topological polar surface area (TPSA) is 115 Å². The monoisotopic (exact) mass is 548 g/mol. The van der Waals surface area contributed by atoms with Crippen molar-refractivity contribution in [2.45, 2.75) is 24.9 Å². The van der Waals surface area contributed by atoms with Crippen LogP contribution in [0.3, 0.4) is 0 Å². The molecular weight excluding hydrogens is 520 g/mol. The van der Waals surface area contributed by atoms with Crippen LogP contribution in [0.15, 0.2) is 54.6 Å². The van der Waals surface area contributed by atoms with Crippen molar-refractivity contribution in [2.75, 3.05) is 32.7 Å². The summed E-state index contributed by atoms with van der Waals surface area (Å²) in [6, 6.07) is 16.2. The number of carboxylic acids is 1. The number of para-hydroxylation sites is 1. The fraction of sp³-hybridized carbons (Fsp3) is 0.370. The normalized spacial score (nSPS) is 18.9. The number of carboxylic acid groups (broad SMARTS) is 1. The fourth-order valence-electron chi connectivity index (χ4n) is 5.23. The van der Waals surface area contributed by atoms with Crippen LogP contribution in [0, 0.1) is 11.2 Å². The highest BCUT2D eigenvalue weighted by atomic mass is 19.4. The van der Waals surface area contributed by atoms with Crippen LogP contribution in [-0.2, 0) is 9.59 Å². The number of halogens is 4. The number of alkyl halides is 3. The third kappa shape index (κ3) is 6.39. The van der Waals surface area contributed by atoms with E-state index in [0.29, 0.717) is 18.8 Å². The Labute approximate surface area is 221 Å². The number of amides is 2. The molecule has 39 heavy (non-hydrogen) atoms. The van der Waals surface area contributed by atoms with E-state index >= 15 is 0 Å². The van der Waals surface area contributed by atoms with E-state index in [2.05, 4.69) is 20.5 Å². The second-order valence-electron chi connectivity index (χ2n) is 9.64. The summed E-state index contributed by atoms with van der Waals surface area (Å²) in [6.45, 7) is 3.49. The lowest BCUT2D eigenvalue weighted by molar-refractivity contribution is -0.192. The zero-order chi connectivity index (χ0) is 28.2. The van der Waals surface area contributed by atoms with Crippen molar-refractivity contribution in [1.82, 2.24) is 20.5 Å². The number of aromatic nitrogens is 1. The Morgan fingerprint density at radius 2 is 1.72 bits per heavy atom. The summed E-state index contributed by atoms with van der Waals surface area (Å²) in [7, 11) is 0. The Morgan fingerprint density at radius 3 is 2.33 bits per heavy atom. The number of aliphatic carboxylic acids is 1. The highest BCUT2D eigenvalue weighted by Crippen LogP contribution is 2.47. The smallest absolute Gasteiger partial charge is 0.475 e. The van der Waals surface area contributed by atoms with E-state index in [-0.39, 0.29) is 23.5 Å². The maximum absolute atomic E-state index is 13.4. The van der Waals surface area contributed by atoms with Crippen molar-refractivity contribution >= 4 is 28.7 Å². The van der Waals surface area contributed by atoms with E-state index in [4.69, 9.17) is 9.90 Å². The average Bonchev–Trinajstić information content (AvgIpc) is 3.47. The van der Waals surface area contributed by atoms with Gasteiger partial charge in [0.2, 0.25) is 5.91 Å². The molecule has 2 fully saturated rings. The molecule has 1 spiro atoms. The quantitative estimate of drug-likeness (QED) is 0.364. The van der Waals surface area contributed by atoms with Gasteiger partial charge in [-0.05, 0) is 55.8 Å². The molecule has 0 aliphatic carbocycles. The van der Waals surface area contributed by atoms with Gasteiger partial charge in [0, 0.05) is 36.5 Å². The summed E-state index contributed by atoms with van der Waals surface area (Å²) in [5.41, 5.74) is 2.10. The van der Waals surface area contributed by atoms with E-state index in [1.807, 2.05) is 30.3 Å². The predicted octanol–water partition coefficient (Wildman–Crippen LogP) is 3.67. The Morgan fingerprint density at radius 1 is 1.08 bits per heavy atom. The van der Waals surface area contributed by atoms with Crippen LogP contribution in [0.25, 0.3) is 10.9 Å². The molecule has 1 unspecified atom stereocenters. The van der Waals surface area contributed by atoms with Gasteiger partial charge in [-0.3, -0.25) is 9.59 Å². The van der Waals surface area contributed by atoms with Gasteiger partial charge in [-0.2, -0.15) is 13.2 Å². The number of likely N-dealkylation sites (tertiary alicyclic amines) is 1. The molecule has 12 heteroatoms. The molecule has 2 amide bonds. The molecule has 3 heterocycles. The highest BCUT2D eigenvalue weighted by Gasteiger charge is 2.51. The molecular formula is C27H28F4N4O4. The molecule has 3 aromatic rings. The number of nitrogens with one attached hydrogen (secondary N) is 3. The number of hydrogen-bond acceptors (Lipinski definition) is 4. The molecule has 2 aromatic carbocycles. The maximum atomic E-state index is 13.4. The van der Waals surface area contributed by atoms with Crippen molar-refractivity contribution in [2.24, 2.45) is 5.41 Å². The lowest BCUT2D eigenvalue weighted by Crippen LogP contribution is -2.47. The minimum Gasteiger partial charge on any atom is -0.475 e. The molecule has 8 nitrogen and oxygen atoms in total. The molecule has 2 saturated heterocycles. The minimum atomic E-state index is -5.08. The fourth-order valence-corrected chi connectivity index (χ4v) is 5.23. The minimum absolute atomic E-state index is 0.0689. The van der Waals surface area contributed by atoms with Gasteiger partial charge >= 0.3 is 12.1 Å². The summed E-state index contributed by atoms with van der Waals surface area (Å²) in [5, 5.41) is 14.2. The van der Waals surface area contributed by atoms with E-state index in [0.717, 1.165) is 48.9 Å². The van der Waals surface area contributed by atoms with Crippen molar-refractivity contribution < 1.29 is 37.1 Å². The zero-order valence-corrected chi connectivity index (χ0v) is 20.9. The van der Waals surface area contributed by atoms with Crippen molar-refractivity contribution in [1.29, 1.82) is 0 Å². The van der Waals surface area contributed by atoms with Crippen LogP contribution >= 0.6 is 0 Å². The Kier molecular flexibility index (Phi) is 8.24. The SMILES string of the molecule is O=C(NCCN1CCC2(CC1)C(=O)NCC2c1ccc(F)cc1)c1cc2ccccc2[nH]1.O=C(O)C(F)(F)F. The first kappa shape index (κ1) is 28.1. The summed E-state index contributed by atoms with van der Waals surface area (Å²) >= 11 is 0. The molecule has 1 aromatic heterocycles. The van der Waals surface area contributed by atoms with E-state index in [1.54, 1.807) is 12.1 Å². The third-order valence-electron chi connectivity index (χ3n) is 7.34. The lowest BCUT2D eigenvalue weighted by Gasteiger charge is -2.41. The molecule has 0 bridgehead atoms. The summed E-state index contributed by atoms with van der Waals surface area (Å²) < 4.78 is 45.1. The van der Waals surface area contributed by atoms with Crippen LogP contribution in [0.1, 0.15) is 34.8 Å². The molecule has 5 rings (SSSR count). The van der Waals surface area contributed by atoms with Gasteiger partial charge in [0.1, 0.15) is 11.5 Å². The van der Waals surface area contributed by atoms with E-state index in [9.17, 15) is 27.2 Å². The third-order valence-corrected chi connectivity index (χ3v) is 7.34. The predicted molar refractivity (Wildman–Crippen MR) is 135 cm³/mol. The van der Waals surface area contributed by atoms with Crippen LogP contribution in [0.4, 0.5) is 17.6 Å². The standard InChI is InChI=1S/C25H27FN4O2.C2HF3O2/c26-19-7-5-17(6-8-19)20-16-28-24(32)25(20)9-12-30(13-10-25)14-11-27-23(31)22-15-18-3-1-2-4-21(18)29-22;3-2(4,5)1(6)7/h1-8,15,20,29H,9-14,16H2,(H,27,31)(H,28,32);(H,6,7). The number of nitrogens with zero attached hydrogens (tertiary/aromatic N) is 1. The number of hydrogen-bond donors (Lipinski definition) is 4. The van der Waals surface area contributed by atoms with E-state index in [1.165, 1.54) is 12.1 Å². The van der Waals surface area contributed by atoms with Gasteiger partial charge in [0.15, 0.2) is 0 Å². The highest BCUT2D eigenvalue weighted by molar-refractivity contribution is 5.98. The number of aromatic amines is 1. The molecule has 0 radical (unpaired) electrons. The van der Waals surface area contributed by atoms with E-state index < -0.39 is 17.6 Å². The summed E-state index contributed by atoms with van der Waals surface area (Å²) in [4.78, 5) is 39.6. The van der Waals surface area contributed by atoms with Gasteiger partial charge in [-0.1, -0.05) is 30.3 Å². The van der Waals surface area contributed by atoms with Gasteiger partial charge in [0.25, 0.3) is 5.91 Å². The van der Waals surface area contributed by atoms with Crippen molar-refractivity contribution in [3.05, 3.63) is 71.7 Å². The molecule has 0 saturated carbocycles. The Hall–Kier alpha value is -3.93. The molecule has 4 N–H and O–H groups in total. The zero-order valence-electron chi connectivity index (χ0n) is 20.9. The van der Waals surface area contributed by atoms with Crippen molar-refractivity contribution in [3.63, 3.8) is 0 Å². The number of carbonyl (C=O) groups is 3. The largest absolute Gasteiger partial charge is 0.490 e. The summed E-state index contributed by atoms with van der Waals surface area (Å²) in [6.07, 6.45) is -3.56. The Bertz CT molecular complexity index is 1300. The van der Waals surface area contributed by atoms with Gasteiger partial charge in [-0.25, -0.2) is 9.18 Å². The molecule has 2 aliphatic rings. The number of fused-ring (bicyclic) bond motifs is 1. The van der Waals surface area contributed by atoms with Gasteiger partial charge in [-0.15, -0.1) is 0 Å². The van der Waals surface area contributed by atoms with Crippen LogP contribution in [0.5, 0.6) is 0 Å². The molecule has 2 aliphatic heterocycles. The first-order valence-electron chi connectivity index (χ1n) is 12.4. The maximum Gasteiger partial charge on any atom is 0.490 e. The lowest BCUT2D eigenvalue weighted by atomic mass is 9.68. The molecule has 1 atom stereocenters. The second-order valence-corrected chi connectivity index (χ2v) is 9.64. The second kappa shape index (κ2) is 11.4. The Balaban J connectivity index is 0.000000448. The number of H-pyrrole nitrogens is 1. The first-order chi connectivity index (χ1) is 18.5. The van der Waals surface area contributed by atoms with Crippen molar-refractivity contribution in [3.8, 4) is 0 Å². The van der Waals surface area contributed by atoms with Crippen LogP contribution in [0.2, 0.25) is 0 Å². The number of carbonyl (C=O) groups excluding carboxylic acids is 2. The van der Waals surface area contributed by atoms with Gasteiger partial charge in [0.05, 0.1) is 5.41 Å². The van der Waals surface area contributed by atoms with Crippen LogP contribution in [-0.4, -0.2) is 71.7 Å². The average molecular weight is 549 g/mol. The summed E-state index contributed by atoms with van der Waals surface area (Å²) in [5.74, 6) is -2.95. The first-order valence-corrected chi connectivity index (χ1v) is 12.4. The van der Waals surface area contributed by atoms with Gasteiger partial charge < -0.3 is 25.6 Å². The number of rotatable bonds is 5. The number of piperidine rings is 1. The van der Waals surface area contributed by atoms with Crippen LogP contribution < -0.4 is 10.6 Å².